The molecule has 1 fully saturated rings. The number of nitrogens with zero attached hydrogens (tertiary/aromatic N) is 1. The van der Waals surface area contributed by atoms with E-state index >= 15 is 0 Å². The van der Waals surface area contributed by atoms with Crippen LogP contribution in [0.1, 0.15) is 47.5 Å². The van der Waals surface area contributed by atoms with E-state index in [0.29, 0.717) is 12.1 Å². The summed E-state index contributed by atoms with van der Waals surface area (Å²) in [6.07, 6.45) is 2.94. The van der Waals surface area contributed by atoms with Gasteiger partial charge in [-0.25, -0.2) is 8.42 Å². The maximum Gasteiger partial charge on any atom is 0.150 e. The topological polar surface area (TPSA) is 37.4 Å². The van der Waals surface area contributed by atoms with Gasteiger partial charge in [-0.3, -0.25) is 4.90 Å². The quantitative estimate of drug-likeness (QED) is 0.765. The Morgan fingerprint density at radius 2 is 1.76 bits per heavy atom. The summed E-state index contributed by atoms with van der Waals surface area (Å²) in [5.74, 6) is 0. The van der Waals surface area contributed by atoms with Crippen LogP contribution in [0.2, 0.25) is 0 Å². The molecule has 0 aromatic carbocycles. The standard InChI is InChI=1S/C13H27NO2S/c1-10(2)14-8-7-11(17(6,15)16)9-12(14)13(3,4)5/h10-12H,7-9H2,1-6H3. The zero-order valence-electron chi connectivity index (χ0n) is 12.0. The average molecular weight is 261 g/mol. The molecule has 17 heavy (non-hydrogen) atoms. The molecule has 0 aromatic heterocycles. The van der Waals surface area contributed by atoms with Crippen molar-refractivity contribution >= 4 is 9.84 Å². The number of sulfone groups is 1. The molecule has 0 aliphatic carbocycles. The Balaban J connectivity index is 2.93. The molecule has 1 aliphatic rings. The minimum Gasteiger partial charge on any atom is -0.297 e. The van der Waals surface area contributed by atoms with Crippen molar-refractivity contribution in [2.45, 2.75) is 64.8 Å². The van der Waals surface area contributed by atoms with E-state index < -0.39 is 9.84 Å². The Morgan fingerprint density at radius 1 is 1.24 bits per heavy atom. The lowest BCUT2D eigenvalue weighted by atomic mass is 9.80. The molecule has 1 heterocycles. The van der Waals surface area contributed by atoms with Gasteiger partial charge in [-0.1, -0.05) is 20.8 Å². The van der Waals surface area contributed by atoms with Gasteiger partial charge in [-0.15, -0.1) is 0 Å². The van der Waals surface area contributed by atoms with E-state index in [1.54, 1.807) is 0 Å². The van der Waals surface area contributed by atoms with Gasteiger partial charge in [0.15, 0.2) is 0 Å². The van der Waals surface area contributed by atoms with E-state index in [0.717, 1.165) is 19.4 Å². The molecule has 0 N–H and O–H groups in total. The fourth-order valence-electron chi connectivity index (χ4n) is 2.81. The molecule has 4 heteroatoms. The summed E-state index contributed by atoms with van der Waals surface area (Å²) in [6.45, 7) is 11.9. The summed E-state index contributed by atoms with van der Waals surface area (Å²) in [6, 6.07) is 0.843. The highest BCUT2D eigenvalue weighted by molar-refractivity contribution is 7.91. The second-order valence-corrected chi connectivity index (χ2v) is 9.02. The molecule has 1 aliphatic heterocycles. The first kappa shape index (κ1) is 15.0. The molecule has 0 spiro atoms. The Morgan fingerprint density at radius 3 is 2.12 bits per heavy atom. The Kier molecular flexibility index (Phi) is 4.30. The first-order valence-corrected chi connectivity index (χ1v) is 8.43. The lowest BCUT2D eigenvalue weighted by Crippen LogP contribution is -2.54. The van der Waals surface area contributed by atoms with Crippen molar-refractivity contribution in [3.05, 3.63) is 0 Å². The lowest BCUT2D eigenvalue weighted by molar-refractivity contribution is 0.0403. The molecule has 2 unspecified atom stereocenters. The average Bonchev–Trinajstić information content (AvgIpc) is 2.14. The summed E-state index contributed by atoms with van der Waals surface area (Å²) < 4.78 is 23.4. The van der Waals surface area contributed by atoms with Crippen LogP contribution in [0.5, 0.6) is 0 Å². The number of likely N-dealkylation sites (tertiary alicyclic amines) is 1. The zero-order chi connectivity index (χ0) is 13.4. The second-order valence-electron chi connectivity index (χ2n) is 6.69. The predicted octanol–water partition coefficient (Wildman–Crippen LogP) is 2.32. The molecule has 0 bridgehead atoms. The molecule has 0 saturated carbocycles. The predicted molar refractivity (Wildman–Crippen MR) is 73.0 cm³/mol. The van der Waals surface area contributed by atoms with Gasteiger partial charge in [0.05, 0.1) is 5.25 Å². The van der Waals surface area contributed by atoms with E-state index in [2.05, 4.69) is 39.5 Å². The van der Waals surface area contributed by atoms with Crippen LogP contribution in [-0.4, -0.2) is 43.5 Å². The largest absolute Gasteiger partial charge is 0.297 e. The van der Waals surface area contributed by atoms with Crippen LogP contribution in [0.25, 0.3) is 0 Å². The van der Waals surface area contributed by atoms with Gasteiger partial charge in [0.25, 0.3) is 0 Å². The molecule has 0 aromatic rings. The van der Waals surface area contributed by atoms with Crippen molar-refractivity contribution in [3.8, 4) is 0 Å². The van der Waals surface area contributed by atoms with Gasteiger partial charge in [0.2, 0.25) is 0 Å². The van der Waals surface area contributed by atoms with E-state index in [4.69, 9.17) is 0 Å². The van der Waals surface area contributed by atoms with Crippen LogP contribution in [0, 0.1) is 5.41 Å². The summed E-state index contributed by atoms with van der Waals surface area (Å²) in [7, 11) is -2.89. The molecular weight excluding hydrogens is 234 g/mol. The SMILES string of the molecule is CC(C)N1CCC(S(C)(=O)=O)CC1C(C)(C)C. The molecular formula is C13H27NO2S. The third kappa shape index (κ3) is 3.68. The third-order valence-corrected chi connectivity index (χ3v) is 5.50. The smallest absolute Gasteiger partial charge is 0.150 e. The highest BCUT2D eigenvalue weighted by Gasteiger charge is 2.40. The summed E-state index contributed by atoms with van der Waals surface area (Å²) in [5.41, 5.74) is 0.133. The molecule has 102 valence electrons. The van der Waals surface area contributed by atoms with Crippen molar-refractivity contribution in [1.29, 1.82) is 0 Å². The first-order valence-electron chi connectivity index (χ1n) is 6.48. The molecule has 2 atom stereocenters. The zero-order valence-corrected chi connectivity index (χ0v) is 12.8. The normalized spacial score (nSPS) is 28.6. The van der Waals surface area contributed by atoms with Gasteiger partial charge in [0.1, 0.15) is 9.84 Å². The third-order valence-electron chi connectivity index (χ3n) is 3.86. The van der Waals surface area contributed by atoms with Gasteiger partial charge in [-0.05, 0) is 38.6 Å². The van der Waals surface area contributed by atoms with E-state index in [1.165, 1.54) is 6.26 Å². The highest BCUT2D eigenvalue weighted by Crippen LogP contribution is 2.35. The summed E-state index contributed by atoms with van der Waals surface area (Å²) >= 11 is 0. The van der Waals surface area contributed by atoms with Crippen LogP contribution in [-0.2, 0) is 9.84 Å². The fraction of sp³-hybridized carbons (Fsp3) is 1.00. The van der Waals surface area contributed by atoms with Crippen molar-refractivity contribution in [2.24, 2.45) is 5.41 Å². The van der Waals surface area contributed by atoms with Gasteiger partial charge >= 0.3 is 0 Å². The minimum absolute atomic E-state index is 0.133. The monoisotopic (exact) mass is 261 g/mol. The first-order chi connectivity index (χ1) is 7.53. The van der Waals surface area contributed by atoms with Crippen LogP contribution in [0.15, 0.2) is 0 Å². The fourth-order valence-corrected chi connectivity index (χ4v) is 3.87. The van der Waals surface area contributed by atoms with Crippen molar-refractivity contribution in [1.82, 2.24) is 4.90 Å². The van der Waals surface area contributed by atoms with E-state index in [1.807, 2.05) is 0 Å². The van der Waals surface area contributed by atoms with Crippen molar-refractivity contribution < 1.29 is 8.42 Å². The molecule has 0 amide bonds. The number of hydrogen-bond donors (Lipinski definition) is 0. The van der Waals surface area contributed by atoms with Crippen molar-refractivity contribution in [3.63, 3.8) is 0 Å². The molecule has 0 radical (unpaired) electrons. The van der Waals surface area contributed by atoms with E-state index in [-0.39, 0.29) is 10.7 Å². The number of hydrogen-bond acceptors (Lipinski definition) is 3. The van der Waals surface area contributed by atoms with E-state index in [9.17, 15) is 8.42 Å². The van der Waals surface area contributed by atoms with Gasteiger partial charge in [-0.2, -0.15) is 0 Å². The van der Waals surface area contributed by atoms with Crippen LogP contribution in [0.3, 0.4) is 0 Å². The summed E-state index contributed by atoms with van der Waals surface area (Å²) in [4.78, 5) is 2.46. The van der Waals surface area contributed by atoms with Crippen molar-refractivity contribution in [2.75, 3.05) is 12.8 Å². The molecule has 3 nitrogen and oxygen atoms in total. The minimum atomic E-state index is -2.89. The van der Waals surface area contributed by atoms with Crippen LogP contribution >= 0.6 is 0 Å². The lowest BCUT2D eigenvalue weighted by Gasteiger charge is -2.47. The van der Waals surface area contributed by atoms with Crippen LogP contribution < -0.4 is 0 Å². The van der Waals surface area contributed by atoms with Gasteiger partial charge in [0, 0.05) is 18.3 Å². The Hall–Kier alpha value is -0.0900. The van der Waals surface area contributed by atoms with Crippen LogP contribution in [0.4, 0.5) is 0 Å². The Labute approximate surface area is 106 Å². The Bertz CT molecular complexity index is 354. The number of rotatable bonds is 2. The highest BCUT2D eigenvalue weighted by atomic mass is 32.2. The maximum atomic E-state index is 11.7. The summed E-state index contributed by atoms with van der Waals surface area (Å²) in [5, 5.41) is -0.151. The molecule has 1 saturated heterocycles. The van der Waals surface area contributed by atoms with Gasteiger partial charge < -0.3 is 0 Å². The second kappa shape index (κ2) is 4.88. The molecule has 1 rings (SSSR count). The maximum absolute atomic E-state index is 11.7. The number of piperidine rings is 1.